The van der Waals surface area contributed by atoms with Crippen LogP contribution < -0.4 is 48.0 Å². The van der Waals surface area contributed by atoms with Gasteiger partial charge in [-0.1, -0.05) is 45.3 Å². The molecule has 0 aromatic rings. The van der Waals surface area contributed by atoms with Crippen LogP contribution in [0.4, 0.5) is 0 Å². The fourth-order valence-corrected chi connectivity index (χ4v) is 0.973. The number of unbranched alkanes of at least 4 members (excludes halogenated alkanes) is 4. The maximum atomic E-state index is 2.30. The van der Waals surface area contributed by atoms with Gasteiger partial charge in [-0.3, -0.25) is 0 Å². The first-order valence-corrected chi connectivity index (χ1v) is 4.56. The van der Waals surface area contributed by atoms with E-state index in [1.54, 1.807) is 0 Å². The molecule has 0 radical (unpaired) electrons. The predicted molar refractivity (Wildman–Crippen MR) is 53.9 cm³/mol. The van der Waals surface area contributed by atoms with Crippen LogP contribution in [0.3, 0.4) is 0 Å². The van der Waals surface area contributed by atoms with E-state index >= 15 is 0 Å². The molecule has 76 valence electrons. The normalized spacial score (nSPS) is 8.46. The Morgan fingerprint density at radius 2 is 1.46 bits per heavy atom. The maximum Gasteiger partial charge on any atom is 2.00 e. The second-order valence-electron chi connectivity index (χ2n) is 2.73. The second-order valence-corrected chi connectivity index (χ2v) is 2.73. The fraction of sp³-hybridized carbons (Fsp3) is 0.800. The van der Waals surface area contributed by atoms with Crippen LogP contribution >= 0.6 is 0 Å². The molecule has 0 fully saturated rings. The summed E-state index contributed by atoms with van der Waals surface area (Å²) in [7, 11) is 0. The van der Waals surface area contributed by atoms with E-state index in [1.807, 2.05) is 0 Å². The average molecular weight is 418 g/mol. The van der Waals surface area contributed by atoms with E-state index in [0.717, 1.165) is 0 Å². The summed E-state index contributed by atoms with van der Waals surface area (Å²) in [5.74, 6) is 0. The van der Waals surface area contributed by atoms with E-state index in [1.165, 1.54) is 38.5 Å². The zero-order valence-corrected chi connectivity index (χ0v) is 14.6. The molecule has 0 unspecified atom stereocenters. The van der Waals surface area contributed by atoms with Crippen molar-refractivity contribution in [3.05, 3.63) is 12.2 Å². The summed E-state index contributed by atoms with van der Waals surface area (Å²) in [5.41, 5.74) is 0. The Morgan fingerprint density at radius 3 is 1.92 bits per heavy atom. The van der Waals surface area contributed by atoms with Crippen molar-refractivity contribution >= 4 is 23.1 Å². The van der Waals surface area contributed by atoms with Crippen LogP contribution in [0.15, 0.2) is 12.2 Å². The molecule has 0 saturated heterocycles. The molecule has 0 amide bonds. The Labute approximate surface area is 134 Å². The fourth-order valence-electron chi connectivity index (χ4n) is 0.973. The van der Waals surface area contributed by atoms with E-state index in [9.17, 15) is 0 Å². The smallest absolute Gasteiger partial charge is 1.00 e. The molecule has 0 nitrogen and oxygen atoms in total. The zero-order valence-electron chi connectivity index (χ0n) is 8.86. The molecule has 0 aliphatic carbocycles. The monoisotopic (exact) mass is 418 g/mol. The number of halogens is 2. The third-order valence-electron chi connectivity index (χ3n) is 1.63. The number of rotatable bonds is 6. The molecule has 0 atom stereocenters. The van der Waals surface area contributed by atoms with Gasteiger partial charge >= 0.3 is 23.1 Å². The minimum atomic E-state index is 0. The third kappa shape index (κ3) is 24.9. The van der Waals surface area contributed by atoms with Crippen LogP contribution in [0.1, 0.15) is 52.4 Å². The van der Waals surface area contributed by atoms with Gasteiger partial charge in [-0.05, 0) is 19.3 Å². The summed E-state index contributed by atoms with van der Waals surface area (Å²) in [4.78, 5) is 0. The third-order valence-corrected chi connectivity index (χ3v) is 1.63. The molecule has 0 saturated carbocycles. The predicted octanol–water partition coefficient (Wildman–Crippen LogP) is -2.45. The van der Waals surface area contributed by atoms with Crippen molar-refractivity contribution in [1.82, 2.24) is 0 Å². The number of hydrogen-bond acceptors (Lipinski definition) is 0. The van der Waals surface area contributed by atoms with Gasteiger partial charge in [0.1, 0.15) is 0 Å². The van der Waals surface area contributed by atoms with E-state index in [-0.39, 0.29) is 71.0 Å². The van der Waals surface area contributed by atoms with Gasteiger partial charge in [-0.25, -0.2) is 0 Å². The quantitative estimate of drug-likeness (QED) is 0.195. The minimum Gasteiger partial charge on any atom is -1.00 e. The van der Waals surface area contributed by atoms with Gasteiger partial charge in [-0.15, -0.1) is 0 Å². The Balaban J connectivity index is -0.000000135. The molecule has 0 aliphatic heterocycles. The van der Waals surface area contributed by atoms with Gasteiger partial charge in [-0.2, -0.15) is 0 Å². The van der Waals surface area contributed by atoms with Gasteiger partial charge in [0.25, 0.3) is 0 Å². The molecular formula is C10H20I2Mg. The summed E-state index contributed by atoms with van der Waals surface area (Å²) >= 11 is 0. The molecular weight excluding hydrogens is 398 g/mol. The first-order valence-electron chi connectivity index (χ1n) is 4.56. The Bertz CT molecular complexity index is 85.0. The van der Waals surface area contributed by atoms with Crippen molar-refractivity contribution in [3.8, 4) is 0 Å². The summed E-state index contributed by atoms with van der Waals surface area (Å²) in [6, 6.07) is 0. The summed E-state index contributed by atoms with van der Waals surface area (Å²) in [5, 5.41) is 0. The van der Waals surface area contributed by atoms with Crippen molar-refractivity contribution in [2.75, 3.05) is 0 Å². The molecule has 3 heteroatoms. The molecule has 0 heterocycles. The van der Waals surface area contributed by atoms with Crippen LogP contribution in [-0.2, 0) is 0 Å². The summed E-state index contributed by atoms with van der Waals surface area (Å²) < 4.78 is 0. The van der Waals surface area contributed by atoms with Crippen molar-refractivity contribution in [2.24, 2.45) is 0 Å². The van der Waals surface area contributed by atoms with Crippen molar-refractivity contribution in [3.63, 3.8) is 0 Å². The average Bonchev–Trinajstić information content (AvgIpc) is 1.97. The summed E-state index contributed by atoms with van der Waals surface area (Å²) in [6.45, 7) is 4.43. The van der Waals surface area contributed by atoms with E-state index in [0.29, 0.717) is 0 Å². The van der Waals surface area contributed by atoms with Crippen LogP contribution in [0, 0.1) is 0 Å². The summed E-state index contributed by atoms with van der Waals surface area (Å²) in [6.07, 6.45) is 12.6. The SMILES string of the molecule is CC/C=C\CCCCCC.[I-].[I-].[Mg+2]. The van der Waals surface area contributed by atoms with Crippen LogP contribution in [0.5, 0.6) is 0 Å². The molecule has 0 aromatic carbocycles. The Morgan fingerprint density at radius 1 is 0.846 bits per heavy atom. The molecule has 13 heavy (non-hydrogen) atoms. The molecule has 0 rings (SSSR count). The van der Waals surface area contributed by atoms with Crippen molar-refractivity contribution in [2.45, 2.75) is 52.4 Å². The van der Waals surface area contributed by atoms with Gasteiger partial charge in [0.05, 0.1) is 0 Å². The van der Waals surface area contributed by atoms with Crippen LogP contribution in [0.2, 0.25) is 0 Å². The molecule has 0 aromatic heterocycles. The first kappa shape index (κ1) is 24.3. The van der Waals surface area contributed by atoms with Crippen molar-refractivity contribution < 1.29 is 48.0 Å². The number of hydrogen-bond donors (Lipinski definition) is 0. The molecule has 0 bridgehead atoms. The largest absolute Gasteiger partial charge is 2.00 e. The van der Waals surface area contributed by atoms with Gasteiger partial charge < -0.3 is 48.0 Å². The van der Waals surface area contributed by atoms with Crippen LogP contribution in [-0.4, -0.2) is 23.1 Å². The van der Waals surface area contributed by atoms with Gasteiger partial charge in [0.2, 0.25) is 0 Å². The van der Waals surface area contributed by atoms with E-state index < -0.39 is 0 Å². The van der Waals surface area contributed by atoms with Crippen molar-refractivity contribution in [1.29, 1.82) is 0 Å². The standard InChI is InChI=1S/C10H20.2HI.Mg/c1-3-5-7-9-10-8-6-4-2;;;/h5,7H,3-4,6,8-10H2,1-2H3;2*1H;/q;;;+2/p-2/b7-5-;;;. The molecule has 0 spiro atoms. The van der Waals surface area contributed by atoms with Crippen LogP contribution in [0.25, 0.3) is 0 Å². The topological polar surface area (TPSA) is 0 Å². The molecule has 0 aliphatic rings. The first-order chi connectivity index (χ1) is 4.91. The minimum absolute atomic E-state index is 0. The maximum absolute atomic E-state index is 2.30. The Kier molecular flexibility index (Phi) is 44.1. The molecule has 0 N–H and O–H groups in total. The van der Waals surface area contributed by atoms with Gasteiger partial charge in [0, 0.05) is 0 Å². The zero-order chi connectivity index (χ0) is 7.66. The number of allylic oxidation sites excluding steroid dienone is 2. The Hall–Kier alpha value is 1.97. The second kappa shape index (κ2) is 23.6. The van der Waals surface area contributed by atoms with Gasteiger partial charge in [0.15, 0.2) is 0 Å². The van der Waals surface area contributed by atoms with E-state index in [2.05, 4.69) is 26.0 Å². The van der Waals surface area contributed by atoms with E-state index in [4.69, 9.17) is 0 Å².